The molecule has 1 aliphatic heterocycles. The number of urea groups is 1. The summed E-state index contributed by atoms with van der Waals surface area (Å²) in [6.07, 6.45) is 1.36. The van der Waals surface area contributed by atoms with Crippen LogP contribution in [0.5, 0.6) is 11.5 Å². The largest absolute Gasteiger partial charge is 0.503 e. The average molecular weight is 459 g/mol. The third-order valence-corrected chi connectivity index (χ3v) is 4.97. The number of nitrogens with one attached hydrogen (secondary N) is 1. The molecule has 1 fully saturated rings. The molecule has 0 aromatic heterocycles. The summed E-state index contributed by atoms with van der Waals surface area (Å²) < 4.78 is 5.73. The topological polar surface area (TPSA) is 95.9 Å². The van der Waals surface area contributed by atoms with E-state index in [1.807, 2.05) is 13.0 Å². The summed E-state index contributed by atoms with van der Waals surface area (Å²) in [6, 6.07) is 7.64. The van der Waals surface area contributed by atoms with Crippen LogP contribution in [0.25, 0.3) is 6.08 Å². The van der Waals surface area contributed by atoms with Crippen molar-refractivity contribution in [2.45, 2.75) is 20.8 Å². The maximum absolute atomic E-state index is 13.1. The SMILES string of the molecule is CCOc1cc(C=C2C(=O)NC(=O)N(c3cc(C)ccc3C)C2=O)cc(Br)c1O. The Morgan fingerprint density at radius 2 is 1.90 bits per heavy atom. The number of aromatic hydroxyl groups is 1. The van der Waals surface area contributed by atoms with Crippen LogP contribution in [0.3, 0.4) is 0 Å². The van der Waals surface area contributed by atoms with Crippen LogP contribution in [0.1, 0.15) is 23.6 Å². The zero-order valence-corrected chi connectivity index (χ0v) is 17.7. The smallest absolute Gasteiger partial charge is 0.335 e. The molecule has 0 saturated carbocycles. The zero-order chi connectivity index (χ0) is 21.3. The summed E-state index contributed by atoms with van der Waals surface area (Å²) in [4.78, 5) is 38.8. The molecule has 2 N–H and O–H groups in total. The maximum atomic E-state index is 13.1. The van der Waals surface area contributed by atoms with E-state index in [-0.39, 0.29) is 17.1 Å². The molecule has 29 heavy (non-hydrogen) atoms. The highest BCUT2D eigenvalue weighted by Gasteiger charge is 2.37. The predicted octanol–water partition coefficient (Wildman–Crippen LogP) is 3.84. The van der Waals surface area contributed by atoms with Crippen molar-refractivity contribution in [2.75, 3.05) is 11.5 Å². The van der Waals surface area contributed by atoms with Gasteiger partial charge in [-0.15, -0.1) is 0 Å². The molecule has 0 bridgehead atoms. The zero-order valence-electron chi connectivity index (χ0n) is 16.1. The van der Waals surface area contributed by atoms with Gasteiger partial charge in [0.1, 0.15) is 5.57 Å². The van der Waals surface area contributed by atoms with Crippen LogP contribution in [-0.2, 0) is 9.59 Å². The number of phenols is 1. The van der Waals surface area contributed by atoms with Crippen LogP contribution in [0, 0.1) is 13.8 Å². The Morgan fingerprint density at radius 1 is 1.17 bits per heavy atom. The van der Waals surface area contributed by atoms with Crippen LogP contribution < -0.4 is 15.0 Å². The standard InChI is InChI=1S/C21H19BrN2O5/c1-4-29-17-10-13(9-15(22)18(17)25)8-14-19(26)23-21(28)24(20(14)27)16-7-11(2)5-6-12(16)3/h5-10,25H,4H2,1-3H3,(H,23,26,28). The second kappa shape index (κ2) is 8.08. The molecule has 8 heteroatoms. The first kappa shape index (κ1) is 20.6. The summed E-state index contributed by atoms with van der Waals surface area (Å²) in [5.41, 5.74) is 2.25. The average Bonchev–Trinajstić information content (AvgIpc) is 2.65. The van der Waals surface area contributed by atoms with E-state index in [0.29, 0.717) is 22.3 Å². The molecule has 2 aromatic carbocycles. The second-order valence-electron chi connectivity index (χ2n) is 6.53. The first-order chi connectivity index (χ1) is 13.7. The number of rotatable bonds is 4. The van der Waals surface area contributed by atoms with Gasteiger partial charge in [-0.25, -0.2) is 9.69 Å². The van der Waals surface area contributed by atoms with Gasteiger partial charge in [0.2, 0.25) is 0 Å². The van der Waals surface area contributed by atoms with Gasteiger partial charge < -0.3 is 9.84 Å². The summed E-state index contributed by atoms with van der Waals surface area (Å²) in [5.74, 6) is -1.39. The first-order valence-corrected chi connectivity index (χ1v) is 9.66. The fraction of sp³-hybridized carbons (Fsp3) is 0.190. The molecule has 0 aliphatic carbocycles. The lowest BCUT2D eigenvalue weighted by Crippen LogP contribution is -2.54. The highest BCUT2D eigenvalue weighted by Crippen LogP contribution is 2.36. The van der Waals surface area contributed by atoms with Crippen LogP contribution in [-0.4, -0.2) is 29.6 Å². The molecule has 3 rings (SSSR count). The van der Waals surface area contributed by atoms with Crippen LogP contribution in [0.2, 0.25) is 0 Å². The van der Waals surface area contributed by atoms with Crippen LogP contribution in [0.15, 0.2) is 40.4 Å². The number of phenolic OH excluding ortho intramolecular Hbond substituents is 1. The fourth-order valence-electron chi connectivity index (χ4n) is 2.95. The Bertz CT molecular complexity index is 1060. The van der Waals surface area contributed by atoms with Crippen molar-refractivity contribution in [2.24, 2.45) is 0 Å². The summed E-state index contributed by atoms with van der Waals surface area (Å²) in [6.45, 7) is 5.72. The van der Waals surface area contributed by atoms with Gasteiger partial charge in [0.05, 0.1) is 16.8 Å². The predicted molar refractivity (Wildman–Crippen MR) is 112 cm³/mol. The first-order valence-electron chi connectivity index (χ1n) is 8.87. The van der Waals surface area contributed by atoms with Gasteiger partial charge >= 0.3 is 6.03 Å². The van der Waals surface area contributed by atoms with Crippen molar-refractivity contribution in [3.63, 3.8) is 0 Å². The molecule has 4 amide bonds. The van der Waals surface area contributed by atoms with Crippen LogP contribution >= 0.6 is 15.9 Å². The van der Waals surface area contributed by atoms with E-state index in [1.165, 1.54) is 12.1 Å². The van der Waals surface area contributed by atoms with E-state index in [1.54, 1.807) is 32.0 Å². The molecule has 150 valence electrons. The molecule has 0 unspecified atom stereocenters. The minimum absolute atomic E-state index is 0.0828. The van der Waals surface area contributed by atoms with Crippen molar-refractivity contribution in [3.05, 3.63) is 57.1 Å². The van der Waals surface area contributed by atoms with E-state index in [9.17, 15) is 19.5 Å². The highest BCUT2D eigenvalue weighted by atomic mass is 79.9. The number of aryl methyl sites for hydroxylation is 2. The number of benzene rings is 2. The Hall–Kier alpha value is -3.13. The number of carbonyl (C=O) groups excluding carboxylic acids is 3. The Morgan fingerprint density at radius 3 is 2.59 bits per heavy atom. The lowest BCUT2D eigenvalue weighted by molar-refractivity contribution is -0.122. The molecule has 0 radical (unpaired) electrons. The minimum Gasteiger partial charge on any atom is -0.503 e. The molecule has 0 spiro atoms. The molecule has 2 aromatic rings. The van der Waals surface area contributed by atoms with Gasteiger partial charge in [0, 0.05) is 0 Å². The van der Waals surface area contributed by atoms with E-state index in [2.05, 4.69) is 21.2 Å². The van der Waals surface area contributed by atoms with Crippen LogP contribution in [0.4, 0.5) is 10.5 Å². The number of imide groups is 2. The summed E-state index contributed by atoms with van der Waals surface area (Å²) in [7, 11) is 0. The van der Waals surface area contributed by atoms with Crippen molar-refractivity contribution in [1.82, 2.24) is 5.32 Å². The molecule has 1 aliphatic rings. The van der Waals surface area contributed by atoms with Gasteiger partial charge in [0.25, 0.3) is 11.8 Å². The minimum atomic E-state index is -0.798. The lowest BCUT2D eigenvalue weighted by Gasteiger charge is -2.27. The second-order valence-corrected chi connectivity index (χ2v) is 7.38. The third-order valence-electron chi connectivity index (χ3n) is 4.37. The van der Waals surface area contributed by atoms with Crippen molar-refractivity contribution < 1.29 is 24.2 Å². The third kappa shape index (κ3) is 4.02. The maximum Gasteiger partial charge on any atom is 0.335 e. The van der Waals surface area contributed by atoms with E-state index in [4.69, 9.17) is 4.74 Å². The van der Waals surface area contributed by atoms with Gasteiger partial charge in [-0.3, -0.25) is 14.9 Å². The quantitative estimate of drug-likeness (QED) is 0.535. The van der Waals surface area contributed by atoms with E-state index >= 15 is 0 Å². The number of carbonyl (C=O) groups is 3. The normalized spacial score (nSPS) is 15.7. The van der Waals surface area contributed by atoms with Gasteiger partial charge in [-0.2, -0.15) is 0 Å². The van der Waals surface area contributed by atoms with Gasteiger partial charge in [-0.1, -0.05) is 12.1 Å². The Kier molecular flexibility index (Phi) is 5.74. The Balaban J connectivity index is 2.07. The molecular weight excluding hydrogens is 440 g/mol. The van der Waals surface area contributed by atoms with Gasteiger partial charge in [0.15, 0.2) is 11.5 Å². The fourth-order valence-corrected chi connectivity index (χ4v) is 3.41. The molecule has 7 nitrogen and oxygen atoms in total. The molecular formula is C21H19BrN2O5. The highest BCUT2D eigenvalue weighted by molar-refractivity contribution is 9.10. The summed E-state index contributed by atoms with van der Waals surface area (Å²) >= 11 is 3.23. The lowest BCUT2D eigenvalue weighted by atomic mass is 10.0. The number of hydrogen-bond acceptors (Lipinski definition) is 5. The summed E-state index contributed by atoms with van der Waals surface area (Å²) in [5, 5.41) is 12.3. The van der Waals surface area contributed by atoms with Crippen molar-refractivity contribution >= 4 is 45.5 Å². The molecule has 0 atom stereocenters. The molecule has 1 heterocycles. The number of anilines is 1. The molecule has 1 saturated heterocycles. The van der Waals surface area contributed by atoms with E-state index in [0.717, 1.165) is 16.0 Å². The number of nitrogens with zero attached hydrogens (tertiary/aromatic N) is 1. The monoisotopic (exact) mass is 458 g/mol. The van der Waals surface area contributed by atoms with Crippen molar-refractivity contribution in [1.29, 1.82) is 0 Å². The number of ether oxygens (including phenoxy) is 1. The number of barbiturate groups is 1. The Labute approximate surface area is 176 Å². The number of amides is 4. The van der Waals surface area contributed by atoms with Gasteiger partial charge in [-0.05, 0) is 77.7 Å². The van der Waals surface area contributed by atoms with Crippen molar-refractivity contribution in [3.8, 4) is 11.5 Å². The number of halogens is 1. The number of hydrogen-bond donors (Lipinski definition) is 2. The van der Waals surface area contributed by atoms with E-state index < -0.39 is 17.8 Å².